The Morgan fingerprint density at radius 1 is 1.28 bits per heavy atom. The van der Waals surface area contributed by atoms with Gasteiger partial charge in [0.1, 0.15) is 0 Å². The molecule has 0 radical (unpaired) electrons. The second-order valence-electron chi connectivity index (χ2n) is 8.52. The monoisotopic (exact) mass is 432 g/mol. The fraction of sp³-hybridized carbons (Fsp3) is 0.522. The highest BCUT2D eigenvalue weighted by Crippen LogP contribution is 2.42. The minimum Gasteiger partial charge on any atom is -0.396 e. The topological polar surface area (TPSA) is 61.4 Å². The van der Waals surface area contributed by atoms with E-state index in [-0.39, 0.29) is 18.6 Å². The van der Waals surface area contributed by atoms with Crippen LogP contribution in [0, 0.1) is 5.92 Å². The first-order chi connectivity index (χ1) is 14.0. The Labute approximate surface area is 181 Å². The molecule has 2 aliphatic rings. The summed E-state index contributed by atoms with van der Waals surface area (Å²) in [6.07, 6.45) is 4.96. The van der Waals surface area contributed by atoms with E-state index in [1.807, 2.05) is 18.2 Å². The van der Waals surface area contributed by atoms with E-state index < -0.39 is 0 Å². The van der Waals surface area contributed by atoms with Crippen molar-refractivity contribution in [3.05, 3.63) is 56.2 Å². The lowest BCUT2D eigenvalue weighted by atomic mass is 9.87. The molecule has 3 unspecified atom stereocenters. The summed E-state index contributed by atoms with van der Waals surface area (Å²) in [5.74, 6) is 1.01. The molecule has 3 atom stereocenters. The van der Waals surface area contributed by atoms with Crippen LogP contribution in [-0.4, -0.2) is 30.2 Å². The molecule has 1 aromatic heterocycles. The number of amides is 1. The van der Waals surface area contributed by atoms with Crippen LogP contribution in [0.5, 0.6) is 0 Å². The van der Waals surface area contributed by atoms with Gasteiger partial charge in [-0.3, -0.25) is 4.79 Å². The van der Waals surface area contributed by atoms with Gasteiger partial charge in [0, 0.05) is 29.1 Å². The molecule has 2 aromatic rings. The number of halogens is 1. The molecule has 1 aliphatic carbocycles. The molecule has 3 N–H and O–H groups in total. The number of hydrogen-bond acceptors (Lipinski definition) is 4. The average Bonchev–Trinajstić information content (AvgIpc) is 3.47. The van der Waals surface area contributed by atoms with E-state index in [2.05, 4.69) is 29.7 Å². The predicted octanol–water partition coefficient (Wildman–Crippen LogP) is 4.67. The van der Waals surface area contributed by atoms with Gasteiger partial charge < -0.3 is 15.7 Å². The van der Waals surface area contributed by atoms with Crippen LogP contribution in [0.1, 0.15) is 70.9 Å². The maximum Gasteiger partial charge on any atom is 0.251 e. The zero-order valence-corrected chi connectivity index (χ0v) is 18.4. The average molecular weight is 433 g/mol. The molecule has 1 saturated carbocycles. The van der Waals surface area contributed by atoms with E-state index in [1.54, 1.807) is 11.3 Å². The summed E-state index contributed by atoms with van der Waals surface area (Å²) in [6.45, 7) is 3.41. The molecular weight excluding hydrogens is 404 g/mol. The van der Waals surface area contributed by atoms with Crippen LogP contribution in [0.3, 0.4) is 0 Å². The van der Waals surface area contributed by atoms with E-state index in [9.17, 15) is 9.90 Å². The number of benzene rings is 1. The van der Waals surface area contributed by atoms with Crippen molar-refractivity contribution < 1.29 is 9.90 Å². The van der Waals surface area contributed by atoms with Gasteiger partial charge in [0.15, 0.2) is 0 Å². The van der Waals surface area contributed by atoms with E-state index in [0.29, 0.717) is 24.3 Å². The third-order valence-corrected chi connectivity index (χ3v) is 7.44. The lowest BCUT2D eigenvalue weighted by Gasteiger charge is -2.22. The van der Waals surface area contributed by atoms with Crippen molar-refractivity contribution in [3.8, 4) is 0 Å². The first-order valence-corrected chi connectivity index (χ1v) is 11.8. The summed E-state index contributed by atoms with van der Waals surface area (Å²) < 4.78 is 0.802. The number of nitrogens with one attached hydrogen (secondary N) is 2. The van der Waals surface area contributed by atoms with Crippen LogP contribution in [-0.2, 0) is 6.42 Å². The number of aliphatic hydroxyl groups excluding tert-OH is 1. The van der Waals surface area contributed by atoms with Crippen molar-refractivity contribution in [1.29, 1.82) is 0 Å². The standard InChI is InChI=1S/C23H29ClN2O2S/c1-14-10-18(22-17(8-9-27)12-21(24)29-22)11-20(25-13-14)15-2-4-16(5-3-15)23(28)26-19-6-7-19/h2-5,12,14,18-20,25,27H,6-11,13H2,1H3,(H,26,28). The van der Waals surface area contributed by atoms with Crippen molar-refractivity contribution in [3.63, 3.8) is 0 Å². The summed E-state index contributed by atoms with van der Waals surface area (Å²) in [4.78, 5) is 13.6. The molecule has 156 valence electrons. The Kier molecular flexibility index (Phi) is 6.60. The molecule has 29 heavy (non-hydrogen) atoms. The second-order valence-corrected chi connectivity index (χ2v) is 10.2. The van der Waals surface area contributed by atoms with E-state index in [1.165, 1.54) is 16.0 Å². The normalized spacial score (nSPS) is 24.9. The lowest BCUT2D eigenvalue weighted by molar-refractivity contribution is 0.0951. The molecule has 1 saturated heterocycles. The molecule has 6 heteroatoms. The Morgan fingerprint density at radius 2 is 2.03 bits per heavy atom. The Hall–Kier alpha value is -1.40. The van der Waals surface area contributed by atoms with Gasteiger partial charge in [0.25, 0.3) is 5.91 Å². The molecule has 0 bridgehead atoms. The molecule has 1 amide bonds. The largest absolute Gasteiger partial charge is 0.396 e. The summed E-state index contributed by atoms with van der Waals surface area (Å²) in [5, 5.41) is 16.2. The number of hydrogen-bond donors (Lipinski definition) is 3. The van der Waals surface area contributed by atoms with Crippen molar-refractivity contribution in [2.24, 2.45) is 5.92 Å². The van der Waals surface area contributed by atoms with Crippen LogP contribution in [0.4, 0.5) is 0 Å². The van der Waals surface area contributed by atoms with Gasteiger partial charge in [-0.1, -0.05) is 30.7 Å². The third kappa shape index (κ3) is 5.21. The van der Waals surface area contributed by atoms with Crippen molar-refractivity contribution in [2.75, 3.05) is 13.2 Å². The van der Waals surface area contributed by atoms with Gasteiger partial charge in [-0.25, -0.2) is 0 Å². The Morgan fingerprint density at radius 3 is 2.72 bits per heavy atom. The number of thiophene rings is 1. The summed E-state index contributed by atoms with van der Waals surface area (Å²) >= 11 is 7.98. The van der Waals surface area contributed by atoms with Gasteiger partial charge in [0.05, 0.1) is 4.34 Å². The van der Waals surface area contributed by atoms with Crippen LogP contribution in [0.2, 0.25) is 4.34 Å². The van der Waals surface area contributed by atoms with E-state index in [4.69, 9.17) is 11.6 Å². The highest BCUT2D eigenvalue weighted by molar-refractivity contribution is 7.16. The smallest absolute Gasteiger partial charge is 0.251 e. The molecule has 2 fully saturated rings. The van der Waals surface area contributed by atoms with Crippen LogP contribution in [0.25, 0.3) is 0 Å². The molecular formula is C23H29ClN2O2S. The van der Waals surface area contributed by atoms with Crippen LogP contribution < -0.4 is 10.6 Å². The van der Waals surface area contributed by atoms with Gasteiger partial charge in [-0.05, 0) is 79.8 Å². The van der Waals surface area contributed by atoms with Crippen molar-refractivity contribution in [1.82, 2.24) is 10.6 Å². The van der Waals surface area contributed by atoms with Crippen LogP contribution >= 0.6 is 22.9 Å². The second kappa shape index (κ2) is 9.17. The zero-order valence-electron chi connectivity index (χ0n) is 16.8. The third-order valence-electron chi connectivity index (χ3n) is 5.97. The summed E-state index contributed by atoms with van der Waals surface area (Å²) in [6, 6.07) is 10.7. The minimum absolute atomic E-state index is 0.0289. The number of carbonyl (C=O) groups is 1. The molecule has 4 nitrogen and oxygen atoms in total. The first kappa shape index (κ1) is 20.9. The van der Waals surface area contributed by atoms with Gasteiger partial charge >= 0.3 is 0 Å². The lowest BCUT2D eigenvalue weighted by Crippen LogP contribution is -2.26. The molecule has 1 aromatic carbocycles. The Bertz CT molecular complexity index is 847. The molecule has 0 spiro atoms. The fourth-order valence-corrected chi connectivity index (χ4v) is 5.72. The number of rotatable bonds is 6. The van der Waals surface area contributed by atoms with Crippen molar-refractivity contribution in [2.45, 2.75) is 57.0 Å². The van der Waals surface area contributed by atoms with Gasteiger partial charge in [-0.15, -0.1) is 11.3 Å². The predicted molar refractivity (Wildman–Crippen MR) is 119 cm³/mol. The summed E-state index contributed by atoms with van der Waals surface area (Å²) in [5.41, 5.74) is 3.14. The number of carbonyl (C=O) groups excluding carboxylic acids is 1. The van der Waals surface area contributed by atoms with Crippen LogP contribution in [0.15, 0.2) is 30.3 Å². The maximum absolute atomic E-state index is 12.3. The molecule has 1 aliphatic heterocycles. The maximum atomic E-state index is 12.3. The minimum atomic E-state index is 0.0289. The Balaban J connectivity index is 1.52. The zero-order chi connectivity index (χ0) is 20.4. The summed E-state index contributed by atoms with van der Waals surface area (Å²) in [7, 11) is 0. The molecule has 4 rings (SSSR count). The van der Waals surface area contributed by atoms with Crippen molar-refractivity contribution >= 4 is 28.8 Å². The van der Waals surface area contributed by atoms with E-state index >= 15 is 0 Å². The SMILES string of the molecule is CC1CNC(c2ccc(C(=O)NC3CC3)cc2)CC(c2sc(Cl)cc2CCO)C1. The van der Waals surface area contributed by atoms with Gasteiger partial charge in [-0.2, -0.15) is 0 Å². The molecule has 2 heterocycles. The number of aliphatic hydroxyl groups is 1. The first-order valence-electron chi connectivity index (χ1n) is 10.6. The fourth-order valence-electron chi connectivity index (χ4n) is 4.28. The highest BCUT2D eigenvalue weighted by atomic mass is 35.5. The quantitative estimate of drug-likeness (QED) is 0.621. The van der Waals surface area contributed by atoms with E-state index in [0.717, 1.165) is 42.1 Å². The van der Waals surface area contributed by atoms with Gasteiger partial charge in [0.2, 0.25) is 0 Å². The highest BCUT2D eigenvalue weighted by Gasteiger charge is 2.29.